The highest BCUT2D eigenvalue weighted by Gasteiger charge is 2.44. The molecule has 2 aromatic rings. The number of fused-ring (bicyclic) bond motifs is 1. The number of amides is 1. The van der Waals surface area contributed by atoms with E-state index < -0.39 is 53.2 Å². The molecule has 1 saturated carbocycles. The molecule has 45 heavy (non-hydrogen) atoms. The minimum atomic E-state index is -4.29. The Bertz CT molecular complexity index is 1390. The molecule has 3 fully saturated rings. The Morgan fingerprint density at radius 3 is 2.60 bits per heavy atom. The topological polar surface area (TPSA) is 162 Å². The van der Waals surface area contributed by atoms with E-state index in [-0.39, 0.29) is 36.5 Å². The summed E-state index contributed by atoms with van der Waals surface area (Å²) in [5, 5.41) is 17.2. The Labute approximate surface area is 263 Å². The highest BCUT2D eigenvalue weighted by Crippen LogP contribution is 2.33. The molecule has 0 radical (unpaired) electrons. The third-order valence-corrected chi connectivity index (χ3v) is 9.90. The SMILES string of the molecule is COC(=O)CNc1cccc(S(=O)(=O)N(C[C@@H](O)[C@H](Cc2ccccc2)NC(=O)O[C@H]2CO[C@H]3OCC[C@H]32)OC2CCCC2)c1. The summed E-state index contributed by atoms with van der Waals surface area (Å²) in [5.41, 5.74) is 1.21. The molecule has 14 heteroatoms. The molecule has 1 amide bonds. The number of ether oxygens (including phenoxy) is 4. The Balaban J connectivity index is 1.34. The number of carbonyl (C=O) groups excluding carboxylic acids is 2. The molecule has 1 aliphatic carbocycles. The molecule has 2 saturated heterocycles. The third-order valence-electron chi connectivity index (χ3n) is 8.28. The first-order valence-corrected chi connectivity index (χ1v) is 16.7. The predicted molar refractivity (Wildman–Crippen MR) is 161 cm³/mol. The van der Waals surface area contributed by atoms with Crippen molar-refractivity contribution in [3.63, 3.8) is 0 Å². The lowest BCUT2D eigenvalue weighted by molar-refractivity contribution is -0.145. The number of hydroxylamine groups is 1. The Morgan fingerprint density at radius 2 is 1.84 bits per heavy atom. The highest BCUT2D eigenvalue weighted by atomic mass is 32.2. The van der Waals surface area contributed by atoms with Gasteiger partial charge in [-0.1, -0.05) is 53.7 Å². The first-order valence-electron chi connectivity index (χ1n) is 15.3. The number of aliphatic hydroxyl groups is 1. The van der Waals surface area contributed by atoms with Crippen LogP contribution in [-0.2, 0) is 45.0 Å². The van der Waals surface area contributed by atoms with Crippen molar-refractivity contribution in [1.29, 1.82) is 0 Å². The maximum absolute atomic E-state index is 14.0. The van der Waals surface area contributed by atoms with Crippen molar-refractivity contribution < 1.29 is 46.9 Å². The quantitative estimate of drug-likeness (QED) is 0.204. The monoisotopic (exact) mass is 647 g/mol. The van der Waals surface area contributed by atoms with Crippen LogP contribution in [0.3, 0.4) is 0 Å². The molecule has 0 bridgehead atoms. The van der Waals surface area contributed by atoms with Gasteiger partial charge < -0.3 is 34.7 Å². The summed E-state index contributed by atoms with van der Waals surface area (Å²) in [6.07, 6.45) is 0.716. The third kappa shape index (κ3) is 8.71. The number of carbonyl (C=O) groups is 2. The standard InChI is InChI=1S/C31H41N3O10S/c1-40-29(36)18-32-22-10-7-13-24(17-22)45(38,39)34(44-23-11-5-6-12-23)19-27(35)26(16-21-8-3-2-4-9-21)33-31(37)43-28-20-42-30-25(28)14-15-41-30/h2-4,7-10,13,17,23,25-28,30,32,35H,5-6,11-12,14-16,18-20H2,1H3,(H,33,37)/t25-,26-,27+,28-,30+/m0/s1. The van der Waals surface area contributed by atoms with E-state index in [4.69, 9.17) is 19.0 Å². The van der Waals surface area contributed by atoms with E-state index in [0.29, 0.717) is 31.6 Å². The molecule has 3 N–H and O–H groups in total. The zero-order valence-corrected chi connectivity index (χ0v) is 26.0. The number of sulfonamides is 1. The fraction of sp³-hybridized carbons (Fsp3) is 0.548. The molecular weight excluding hydrogens is 606 g/mol. The molecule has 13 nitrogen and oxygen atoms in total. The van der Waals surface area contributed by atoms with E-state index in [9.17, 15) is 23.1 Å². The van der Waals surface area contributed by atoms with Gasteiger partial charge in [0, 0.05) is 5.69 Å². The number of nitrogens with zero attached hydrogens (tertiary/aromatic N) is 1. The van der Waals surface area contributed by atoms with Crippen LogP contribution in [0.4, 0.5) is 10.5 Å². The Kier molecular flexibility index (Phi) is 11.3. The van der Waals surface area contributed by atoms with Crippen molar-refractivity contribution in [2.45, 2.75) is 74.1 Å². The van der Waals surface area contributed by atoms with Crippen molar-refractivity contribution in [1.82, 2.24) is 9.79 Å². The van der Waals surface area contributed by atoms with Gasteiger partial charge in [0.1, 0.15) is 12.6 Å². The second-order valence-electron chi connectivity index (χ2n) is 11.4. The number of methoxy groups -OCH3 is 1. The fourth-order valence-corrected chi connectivity index (χ4v) is 7.14. The summed E-state index contributed by atoms with van der Waals surface area (Å²) in [7, 11) is -3.03. The number of benzene rings is 2. The van der Waals surface area contributed by atoms with Crippen LogP contribution >= 0.6 is 0 Å². The van der Waals surface area contributed by atoms with Crippen LogP contribution in [-0.4, -0.2) is 94.1 Å². The van der Waals surface area contributed by atoms with Gasteiger partial charge in [-0.3, -0.25) is 9.63 Å². The molecule has 246 valence electrons. The number of hydrogen-bond donors (Lipinski definition) is 3. The first-order chi connectivity index (χ1) is 21.7. The predicted octanol–water partition coefficient (Wildman–Crippen LogP) is 2.60. The number of esters is 1. The van der Waals surface area contributed by atoms with Crippen LogP contribution in [0.2, 0.25) is 0 Å². The lowest BCUT2D eigenvalue weighted by Gasteiger charge is -2.31. The van der Waals surface area contributed by atoms with Crippen molar-refractivity contribution in [3.05, 3.63) is 60.2 Å². The number of hydrogen-bond acceptors (Lipinski definition) is 11. The zero-order valence-electron chi connectivity index (χ0n) is 25.2. The van der Waals surface area contributed by atoms with E-state index >= 15 is 0 Å². The number of alkyl carbamates (subject to hydrolysis) is 1. The van der Waals surface area contributed by atoms with Gasteiger partial charge in [0.2, 0.25) is 0 Å². The van der Waals surface area contributed by atoms with E-state index in [1.807, 2.05) is 30.3 Å². The van der Waals surface area contributed by atoms with Crippen molar-refractivity contribution >= 4 is 27.8 Å². The zero-order chi connectivity index (χ0) is 31.8. The van der Waals surface area contributed by atoms with Crippen LogP contribution in [0.5, 0.6) is 0 Å². The average molecular weight is 648 g/mol. The van der Waals surface area contributed by atoms with Crippen LogP contribution in [0.25, 0.3) is 0 Å². The van der Waals surface area contributed by atoms with Gasteiger partial charge in [-0.05, 0) is 49.4 Å². The van der Waals surface area contributed by atoms with Gasteiger partial charge in [-0.25, -0.2) is 13.2 Å². The fourth-order valence-electron chi connectivity index (χ4n) is 5.79. The molecular formula is C31H41N3O10S. The van der Waals surface area contributed by atoms with E-state index in [0.717, 1.165) is 22.9 Å². The van der Waals surface area contributed by atoms with Crippen LogP contribution in [0.1, 0.15) is 37.7 Å². The smallest absolute Gasteiger partial charge is 0.407 e. The lowest BCUT2D eigenvalue weighted by Crippen LogP contribution is -2.51. The summed E-state index contributed by atoms with van der Waals surface area (Å²) in [5.74, 6) is -0.573. The summed E-state index contributed by atoms with van der Waals surface area (Å²) in [6, 6.07) is 14.3. The second-order valence-corrected chi connectivity index (χ2v) is 13.3. The van der Waals surface area contributed by atoms with Crippen LogP contribution < -0.4 is 10.6 Å². The van der Waals surface area contributed by atoms with Gasteiger partial charge in [-0.2, -0.15) is 0 Å². The van der Waals surface area contributed by atoms with Gasteiger partial charge in [0.05, 0.1) is 55.9 Å². The summed E-state index contributed by atoms with van der Waals surface area (Å²) < 4.78 is 50.2. The summed E-state index contributed by atoms with van der Waals surface area (Å²) in [6.45, 7) is 0.137. The van der Waals surface area contributed by atoms with Crippen LogP contribution in [0, 0.1) is 5.92 Å². The molecule has 0 aromatic heterocycles. The first kappa shape index (κ1) is 33.1. The number of anilines is 1. The van der Waals surface area contributed by atoms with E-state index in [2.05, 4.69) is 15.4 Å². The normalized spacial score (nSPS) is 23.0. The Hall–Kier alpha value is -3.27. The van der Waals surface area contributed by atoms with Crippen LogP contribution in [0.15, 0.2) is 59.5 Å². The number of nitrogens with one attached hydrogen (secondary N) is 2. The second kappa shape index (κ2) is 15.3. The van der Waals surface area contributed by atoms with Crippen molar-refractivity contribution in [2.75, 3.05) is 38.7 Å². The molecule has 5 atom stereocenters. The summed E-state index contributed by atoms with van der Waals surface area (Å²) >= 11 is 0. The molecule has 0 spiro atoms. The molecule has 5 rings (SSSR count). The van der Waals surface area contributed by atoms with Gasteiger partial charge >= 0.3 is 12.1 Å². The van der Waals surface area contributed by atoms with Crippen molar-refractivity contribution in [2.24, 2.45) is 5.92 Å². The average Bonchev–Trinajstić information content (AvgIpc) is 3.81. The van der Waals surface area contributed by atoms with Gasteiger partial charge in [0.25, 0.3) is 10.0 Å². The van der Waals surface area contributed by atoms with Gasteiger partial charge in [0.15, 0.2) is 6.29 Å². The molecule has 2 heterocycles. The molecule has 2 aliphatic heterocycles. The molecule has 2 aromatic carbocycles. The minimum absolute atomic E-state index is 0.0634. The maximum Gasteiger partial charge on any atom is 0.407 e. The minimum Gasteiger partial charge on any atom is -0.468 e. The van der Waals surface area contributed by atoms with Gasteiger partial charge in [-0.15, -0.1) is 0 Å². The molecule has 3 aliphatic rings. The lowest BCUT2D eigenvalue weighted by atomic mass is 10.0. The number of rotatable bonds is 14. The Morgan fingerprint density at radius 1 is 1.07 bits per heavy atom. The maximum atomic E-state index is 14.0. The van der Waals surface area contributed by atoms with Crippen molar-refractivity contribution in [3.8, 4) is 0 Å². The molecule has 0 unspecified atom stereocenters. The number of aliphatic hydroxyl groups excluding tert-OH is 1. The van der Waals surface area contributed by atoms with E-state index in [1.54, 1.807) is 12.1 Å². The highest BCUT2D eigenvalue weighted by molar-refractivity contribution is 7.89. The summed E-state index contributed by atoms with van der Waals surface area (Å²) in [4.78, 5) is 30.6. The largest absolute Gasteiger partial charge is 0.468 e. The van der Waals surface area contributed by atoms with E-state index in [1.165, 1.54) is 19.2 Å².